The first-order valence-corrected chi connectivity index (χ1v) is 5.81. The quantitative estimate of drug-likeness (QED) is 0.668. The third-order valence-corrected chi connectivity index (χ3v) is 3.12. The number of β-amino-alcohol motifs (C(OH)–C–C–N with tert-alkyl or cyclic N) is 1. The first kappa shape index (κ1) is 12.6. The summed E-state index contributed by atoms with van der Waals surface area (Å²) in [5.41, 5.74) is 11.1. The molecule has 1 saturated heterocycles. The monoisotopic (exact) mass is 253 g/mol. The van der Waals surface area contributed by atoms with Crippen LogP contribution in [0.15, 0.2) is 12.1 Å². The van der Waals surface area contributed by atoms with Crippen LogP contribution < -0.4 is 16.4 Å². The molecule has 6 heteroatoms. The smallest absolute Gasteiger partial charge is 0.250 e. The van der Waals surface area contributed by atoms with Gasteiger partial charge in [-0.25, -0.2) is 4.39 Å². The number of carbonyl (C=O) groups excluding carboxylic acids is 1. The molecule has 18 heavy (non-hydrogen) atoms. The zero-order chi connectivity index (χ0) is 13.3. The second-order valence-corrected chi connectivity index (χ2v) is 4.50. The van der Waals surface area contributed by atoms with Crippen LogP contribution in [-0.4, -0.2) is 30.2 Å². The lowest BCUT2D eigenvalue weighted by Gasteiger charge is -2.32. The van der Waals surface area contributed by atoms with Gasteiger partial charge in [0.2, 0.25) is 0 Å². The number of amides is 1. The molecule has 0 saturated carbocycles. The molecular weight excluding hydrogens is 237 g/mol. The Morgan fingerprint density at radius 2 is 2.22 bits per heavy atom. The Bertz CT molecular complexity index is 479. The maximum absolute atomic E-state index is 13.9. The highest BCUT2D eigenvalue weighted by Gasteiger charge is 2.22. The van der Waals surface area contributed by atoms with E-state index in [9.17, 15) is 14.3 Å². The van der Waals surface area contributed by atoms with Crippen molar-refractivity contribution in [2.75, 3.05) is 23.7 Å². The summed E-state index contributed by atoms with van der Waals surface area (Å²) in [6.07, 6.45) is 1.000. The number of rotatable bonds is 2. The minimum atomic E-state index is -0.689. The summed E-state index contributed by atoms with van der Waals surface area (Å²) in [5, 5.41) is 9.58. The largest absolute Gasteiger partial charge is 0.398 e. The number of benzene rings is 1. The lowest BCUT2D eigenvalue weighted by Crippen LogP contribution is -2.38. The zero-order valence-corrected chi connectivity index (χ0v) is 9.90. The van der Waals surface area contributed by atoms with Crippen LogP contribution in [0, 0.1) is 5.82 Å². The van der Waals surface area contributed by atoms with Crippen LogP contribution in [0.4, 0.5) is 15.8 Å². The van der Waals surface area contributed by atoms with Crippen LogP contribution in [0.2, 0.25) is 0 Å². The van der Waals surface area contributed by atoms with Crippen LogP contribution in [0.5, 0.6) is 0 Å². The van der Waals surface area contributed by atoms with Gasteiger partial charge in [0.15, 0.2) is 0 Å². The van der Waals surface area contributed by atoms with Gasteiger partial charge in [0.25, 0.3) is 5.91 Å². The van der Waals surface area contributed by atoms with Crippen molar-refractivity contribution in [2.24, 2.45) is 5.73 Å². The van der Waals surface area contributed by atoms with Crippen LogP contribution in [0.25, 0.3) is 0 Å². The Kier molecular flexibility index (Phi) is 3.38. The van der Waals surface area contributed by atoms with Crippen molar-refractivity contribution in [1.82, 2.24) is 0 Å². The predicted molar refractivity (Wildman–Crippen MR) is 66.8 cm³/mol. The molecule has 1 amide bonds. The Balaban J connectivity index is 2.37. The van der Waals surface area contributed by atoms with Gasteiger partial charge in [-0.3, -0.25) is 4.79 Å². The lowest BCUT2D eigenvalue weighted by molar-refractivity contribution is 0.100. The molecule has 1 heterocycles. The van der Waals surface area contributed by atoms with Crippen molar-refractivity contribution in [1.29, 1.82) is 0 Å². The van der Waals surface area contributed by atoms with E-state index in [-0.39, 0.29) is 16.9 Å². The number of nitrogens with two attached hydrogens (primary N) is 2. The van der Waals surface area contributed by atoms with Crippen molar-refractivity contribution < 1.29 is 14.3 Å². The molecule has 1 fully saturated rings. The number of nitrogen functional groups attached to an aromatic ring is 1. The van der Waals surface area contributed by atoms with Crippen LogP contribution in [-0.2, 0) is 0 Å². The van der Waals surface area contributed by atoms with Gasteiger partial charge in [0.1, 0.15) is 5.82 Å². The molecule has 1 aromatic carbocycles. The highest BCUT2D eigenvalue weighted by molar-refractivity contribution is 5.99. The van der Waals surface area contributed by atoms with E-state index in [0.29, 0.717) is 19.5 Å². The molecule has 5 N–H and O–H groups in total. The van der Waals surface area contributed by atoms with Crippen molar-refractivity contribution >= 4 is 17.3 Å². The molecule has 5 nitrogen and oxygen atoms in total. The molecule has 1 unspecified atom stereocenters. The zero-order valence-electron chi connectivity index (χ0n) is 9.90. The molecule has 1 aromatic rings. The Hall–Kier alpha value is -1.82. The molecule has 0 bridgehead atoms. The third-order valence-electron chi connectivity index (χ3n) is 3.12. The summed E-state index contributed by atoms with van der Waals surface area (Å²) in [7, 11) is 0. The average Bonchev–Trinajstić information content (AvgIpc) is 2.28. The number of nitrogens with zero attached hydrogens (tertiary/aromatic N) is 1. The van der Waals surface area contributed by atoms with Gasteiger partial charge < -0.3 is 21.5 Å². The Labute approximate surface area is 104 Å². The van der Waals surface area contributed by atoms with E-state index in [2.05, 4.69) is 0 Å². The van der Waals surface area contributed by atoms with Crippen LogP contribution in [0.3, 0.4) is 0 Å². The number of aliphatic hydroxyl groups excluding tert-OH is 1. The fourth-order valence-electron chi connectivity index (χ4n) is 2.21. The van der Waals surface area contributed by atoms with Crippen molar-refractivity contribution in [2.45, 2.75) is 18.9 Å². The van der Waals surface area contributed by atoms with Crippen molar-refractivity contribution in [3.8, 4) is 0 Å². The average molecular weight is 253 g/mol. The van der Waals surface area contributed by atoms with Crippen molar-refractivity contribution in [3.63, 3.8) is 0 Å². The standard InChI is InChI=1S/C12H16FN3O2/c13-9-5-10(14)8(12(15)18)4-11(9)16-3-1-2-7(17)6-16/h4-5,7,17H,1-3,6,14H2,(H2,15,18). The summed E-state index contributed by atoms with van der Waals surface area (Å²) in [6.45, 7) is 0.981. The molecule has 0 spiro atoms. The molecule has 1 aliphatic rings. The van der Waals surface area contributed by atoms with Gasteiger partial charge in [-0.15, -0.1) is 0 Å². The number of primary amides is 1. The summed E-state index contributed by atoms with van der Waals surface area (Å²) >= 11 is 0. The molecule has 0 aromatic heterocycles. The van der Waals surface area contributed by atoms with Gasteiger partial charge in [0.05, 0.1) is 17.4 Å². The van der Waals surface area contributed by atoms with E-state index < -0.39 is 17.8 Å². The summed E-state index contributed by atoms with van der Waals surface area (Å²) in [5.74, 6) is -1.20. The number of piperidine rings is 1. The highest BCUT2D eigenvalue weighted by Crippen LogP contribution is 2.27. The molecule has 0 aliphatic carbocycles. The van der Waals surface area contributed by atoms with E-state index in [1.807, 2.05) is 0 Å². The van der Waals surface area contributed by atoms with E-state index in [0.717, 1.165) is 12.5 Å². The predicted octanol–water partition coefficient (Wildman–Crippen LogP) is 0.468. The molecule has 1 aliphatic heterocycles. The number of hydrogen-bond donors (Lipinski definition) is 3. The molecular formula is C12H16FN3O2. The summed E-state index contributed by atoms with van der Waals surface area (Å²) in [4.78, 5) is 12.9. The van der Waals surface area contributed by atoms with E-state index in [1.165, 1.54) is 6.07 Å². The van der Waals surface area contributed by atoms with Gasteiger partial charge in [0, 0.05) is 18.8 Å². The summed E-state index contributed by atoms with van der Waals surface area (Å²) < 4.78 is 13.9. The molecule has 98 valence electrons. The first-order valence-electron chi connectivity index (χ1n) is 5.81. The van der Waals surface area contributed by atoms with Gasteiger partial charge in [-0.2, -0.15) is 0 Å². The third kappa shape index (κ3) is 2.38. The molecule has 0 radical (unpaired) electrons. The maximum Gasteiger partial charge on any atom is 0.250 e. The van der Waals surface area contributed by atoms with Gasteiger partial charge in [-0.1, -0.05) is 0 Å². The molecule has 2 rings (SSSR count). The number of carbonyl (C=O) groups is 1. The second kappa shape index (κ2) is 4.81. The lowest BCUT2D eigenvalue weighted by atomic mass is 10.1. The number of halogens is 1. The fraction of sp³-hybridized carbons (Fsp3) is 0.417. The van der Waals surface area contributed by atoms with Crippen LogP contribution >= 0.6 is 0 Å². The van der Waals surface area contributed by atoms with E-state index >= 15 is 0 Å². The van der Waals surface area contributed by atoms with E-state index in [4.69, 9.17) is 11.5 Å². The summed E-state index contributed by atoms with van der Waals surface area (Å²) in [6, 6.07) is 2.45. The first-order chi connectivity index (χ1) is 8.49. The SMILES string of the molecule is NC(=O)c1cc(N2CCCC(O)C2)c(F)cc1N. The normalized spacial score (nSPS) is 19.9. The second-order valence-electron chi connectivity index (χ2n) is 4.50. The Morgan fingerprint density at radius 3 is 2.83 bits per heavy atom. The highest BCUT2D eigenvalue weighted by atomic mass is 19.1. The number of aliphatic hydroxyl groups is 1. The van der Waals surface area contributed by atoms with E-state index in [1.54, 1.807) is 4.90 Å². The topological polar surface area (TPSA) is 92.6 Å². The minimum absolute atomic E-state index is 0.0290. The minimum Gasteiger partial charge on any atom is -0.398 e. The fourth-order valence-corrected chi connectivity index (χ4v) is 2.21. The van der Waals surface area contributed by atoms with Gasteiger partial charge in [-0.05, 0) is 25.0 Å². The molecule has 1 atom stereocenters. The Morgan fingerprint density at radius 1 is 1.50 bits per heavy atom. The maximum atomic E-state index is 13.9. The van der Waals surface area contributed by atoms with Crippen LogP contribution in [0.1, 0.15) is 23.2 Å². The van der Waals surface area contributed by atoms with Crippen molar-refractivity contribution in [3.05, 3.63) is 23.5 Å². The number of hydrogen-bond acceptors (Lipinski definition) is 4. The number of anilines is 2. The van der Waals surface area contributed by atoms with Gasteiger partial charge >= 0.3 is 0 Å².